The second kappa shape index (κ2) is 12.0. The van der Waals surface area contributed by atoms with Gasteiger partial charge in [0, 0.05) is 25.0 Å². The predicted octanol–water partition coefficient (Wildman–Crippen LogP) is 2.86. The first-order valence-electron chi connectivity index (χ1n) is 9.87. The topological polar surface area (TPSA) is 82.6 Å². The molecule has 0 aliphatic heterocycles. The lowest BCUT2D eigenvalue weighted by Gasteiger charge is -2.25. The van der Waals surface area contributed by atoms with E-state index in [4.69, 9.17) is 0 Å². The minimum absolute atomic E-state index is 0. The quantitative estimate of drug-likeness (QED) is 0.251. The minimum Gasteiger partial charge on any atom is -0.357 e. The number of hydrogen-bond acceptors (Lipinski definition) is 3. The fraction of sp³-hybridized carbons (Fsp3) is 0.650. The SMILES string of the molecule is CCNC(=NCC(C)(C)c1ccccc1)NCCS(=O)(=O)NCC1CCC1.I. The Morgan fingerprint density at radius 3 is 2.43 bits per heavy atom. The Morgan fingerprint density at radius 2 is 1.86 bits per heavy atom. The van der Waals surface area contributed by atoms with E-state index in [1.54, 1.807) is 0 Å². The highest BCUT2D eigenvalue weighted by atomic mass is 127. The van der Waals surface area contributed by atoms with Crippen molar-refractivity contribution in [3.8, 4) is 0 Å². The molecule has 0 aromatic heterocycles. The first-order valence-corrected chi connectivity index (χ1v) is 11.5. The van der Waals surface area contributed by atoms with Crippen molar-refractivity contribution < 1.29 is 8.42 Å². The predicted molar refractivity (Wildman–Crippen MR) is 128 cm³/mol. The van der Waals surface area contributed by atoms with Gasteiger partial charge in [0.2, 0.25) is 10.0 Å². The van der Waals surface area contributed by atoms with Crippen LogP contribution in [-0.2, 0) is 15.4 Å². The van der Waals surface area contributed by atoms with E-state index in [0.717, 1.165) is 19.4 Å². The number of nitrogens with one attached hydrogen (secondary N) is 3. The molecule has 0 heterocycles. The molecule has 28 heavy (non-hydrogen) atoms. The summed E-state index contributed by atoms with van der Waals surface area (Å²) in [5.74, 6) is 1.22. The third kappa shape index (κ3) is 8.65. The molecule has 8 heteroatoms. The summed E-state index contributed by atoms with van der Waals surface area (Å²) in [7, 11) is -3.25. The van der Waals surface area contributed by atoms with Gasteiger partial charge >= 0.3 is 0 Å². The van der Waals surface area contributed by atoms with Crippen LogP contribution in [0.2, 0.25) is 0 Å². The number of rotatable bonds is 10. The van der Waals surface area contributed by atoms with E-state index >= 15 is 0 Å². The van der Waals surface area contributed by atoms with Crippen molar-refractivity contribution in [3.63, 3.8) is 0 Å². The van der Waals surface area contributed by atoms with Crippen LogP contribution >= 0.6 is 24.0 Å². The van der Waals surface area contributed by atoms with E-state index in [1.807, 2.05) is 25.1 Å². The maximum absolute atomic E-state index is 12.1. The van der Waals surface area contributed by atoms with Gasteiger partial charge in [-0.05, 0) is 31.2 Å². The summed E-state index contributed by atoms with van der Waals surface area (Å²) in [6.45, 7) is 8.55. The zero-order chi connectivity index (χ0) is 19.8. The van der Waals surface area contributed by atoms with E-state index in [-0.39, 0.29) is 35.1 Å². The summed E-state index contributed by atoms with van der Waals surface area (Å²) in [5.41, 5.74) is 1.13. The molecule has 160 valence electrons. The molecular formula is C20H35IN4O2S. The third-order valence-corrected chi connectivity index (χ3v) is 6.36. The van der Waals surface area contributed by atoms with Crippen molar-refractivity contribution in [1.29, 1.82) is 0 Å². The molecule has 0 unspecified atom stereocenters. The molecule has 2 rings (SSSR count). The van der Waals surface area contributed by atoms with Crippen molar-refractivity contribution >= 4 is 40.0 Å². The summed E-state index contributed by atoms with van der Waals surface area (Å²) in [4.78, 5) is 4.66. The summed E-state index contributed by atoms with van der Waals surface area (Å²) in [6.07, 6.45) is 3.49. The van der Waals surface area contributed by atoms with E-state index in [0.29, 0.717) is 31.5 Å². The van der Waals surface area contributed by atoms with Crippen LogP contribution in [0.25, 0.3) is 0 Å². The van der Waals surface area contributed by atoms with Gasteiger partial charge in [0.05, 0.1) is 12.3 Å². The monoisotopic (exact) mass is 522 g/mol. The van der Waals surface area contributed by atoms with Gasteiger partial charge in [-0.1, -0.05) is 50.6 Å². The van der Waals surface area contributed by atoms with Crippen LogP contribution in [0.3, 0.4) is 0 Å². The number of aliphatic imine (C=N–C) groups is 1. The van der Waals surface area contributed by atoms with E-state index < -0.39 is 10.0 Å². The van der Waals surface area contributed by atoms with Gasteiger partial charge in [-0.3, -0.25) is 4.99 Å². The Morgan fingerprint density at radius 1 is 1.18 bits per heavy atom. The smallest absolute Gasteiger partial charge is 0.213 e. The minimum atomic E-state index is -3.25. The van der Waals surface area contributed by atoms with Crippen molar-refractivity contribution in [1.82, 2.24) is 15.4 Å². The molecule has 3 N–H and O–H groups in total. The van der Waals surface area contributed by atoms with Gasteiger partial charge in [0.1, 0.15) is 0 Å². The van der Waals surface area contributed by atoms with Crippen molar-refractivity contribution in [2.24, 2.45) is 10.9 Å². The zero-order valence-electron chi connectivity index (χ0n) is 17.2. The standard InChI is InChI=1S/C20H34N4O2S.HI/c1-4-21-19(23-16-20(2,3)18-11-6-5-7-12-18)22-13-14-27(25,26)24-15-17-9-8-10-17;/h5-7,11-12,17,24H,4,8-10,13-16H2,1-3H3,(H2,21,22,23);1H. The summed E-state index contributed by atoms with van der Waals surface area (Å²) in [6, 6.07) is 10.3. The van der Waals surface area contributed by atoms with Crippen molar-refractivity contribution in [2.75, 3.05) is 31.9 Å². The molecule has 0 saturated heterocycles. The molecule has 0 atom stereocenters. The average molecular weight is 522 g/mol. The zero-order valence-corrected chi connectivity index (χ0v) is 20.3. The van der Waals surface area contributed by atoms with Crippen LogP contribution < -0.4 is 15.4 Å². The van der Waals surface area contributed by atoms with Gasteiger partial charge in [-0.15, -0.1) is 24.0 Å². The van der Waals surface area contributed by atoms with Gasteiger partial charge in [-0.25, -0.2) is 13.1 Å². The lowest BCUT2D eigenvalue weighted by molar-refractivity contribution is 0.316. The Bertz CT molecular complexity index is 704. The van der Waals surface area contributed by atoms with Crippen LogP contribution in [0.15, 0.2) is 35.3 Å². The average Bonchev–Trinajstić information content (AvgIpc) is 2.59. The Hall–Kier alpha value is -0.870. The molecule has 6 nitrogen and oxygen atoms in total. The second-order valence-electron chi connectivity index (χ2n) is 7.84. The van der Waals surface area contributed by atoms with Crippen LogP contribution in [0.5, 0.6) is 0 Å². The first-order chi connectivity index (χ1) is 12.8. The number of halogens is 1. The molecule has 1 saturated carbocycles. The normalized spacial score (nSPS) is 15.5. The molecule has 1 aromatic rings. The maximum atomic E-state index is 12.1. The molecule has 0 bridgehead atoms. The van der Waals surface area contributed by atoms with Crippen molar-refractivity contribution in [3.05, 3.63) is 35.9 Å². The molecule has 0 radical (unpaired) electrons. The highest BCUT2D eigenvalue weighted by Crippen LogP contribution is 2.25. The van der Waals surface area contributed by atoms with Crippen LogP contribution in [0.4, 0.5) is 0 Å². The highest BCUT2D eigenvalue weighted by Gasteiger charge is 2.21. The molecular weight excluding hydrogens is 487 g/mol. The molecule has 0 spiro atoms. The number of sulfonamides is 1. The highest BCUT2D eigenvalue weighted by molar-refractivity contribution is 14.0. The fourth-order valence-corrected chi connectivity index (χ4v) is 3.92. The lowest BCUT2D eigenvalue weighted by atomic mass is 9.85. The third-order valence-electron chi connectivity index (χ3n) is 5.01. The number of guanidine groups is 1. The Kier molecular flexibility index (Phi) is 10.8. The summed E-state index contributed by atoms with van der Waals surface area (Å²) in [5, 5.41) is 6.32. The van der Waals surface area contributed by atoms with Crippen LogP contribution in [0, 0.1) is 5.92 Å². The largest absolute Gasteiger partial charge is 0.357 e. The van der Waals surface area contributed by atoms with E-state index in [1.165, 1.54) is 12.0 Å². The molecule has 1 aliphatic carbocycles. The van der Waals surface area contributed by atoms with Crippen LogP contribution in [-0.4, -0.2) is 46.3 Å². The number of benzene rings is 1. The van der Waals surface area contributed by atoms with Gasteiger partial charge in [0.25, 0.3) is 0 Å². The number of nitrogens with zero attached hydrogens (tertiary/aromatic N) is 1. The molecule has 0 amide bonds. The fourth-order valence-electron chi connectivity index (χ4n) is 2.92. The molecule has 1 aliphatic rings. The van der Waals surface area contributed by atoms with Gasteiger partial charge in [-0.2, -0.15) is 0 Å². The van der Waals surface area contributed by atoms with E-state index in [2.05, 4.69) is 46.3 Å². The van der Waals surface area contributed by atoms with Crippen molar-refractivity contribution in [2.45, 2.75) is 45.4 Å². The van der Waals surface area contributed by atoms with Gasteiger partial charge < -0.3 is 10.6 Å². The van der Waals surface area contributed by atoms with E-state index in [9.17, 15) is 8.42 Å². The number of hydrogen-bond donors (Lipinski definition) is 3. The van der Waals surface area contributed by atoms with Gasteiger partial charge in [0.15, 0.2) is 5.96 Å². The lowest BCUT2D eigenvalue weighted by Crippen LogP contribution is -2.42. The first kappa shape index (κ1) is 25.2. The molecule has 1 aromatic carbocycles. The maximum Gasteiger partial charge on any atom is 0.213 e. The summed E-state index contributed by atoms with van der Waals surface area (Å²) >= 11 is 0. The second-order valence-corrected chi connectivity index (χ2v) is 9.76. The van der Waals surface area contributed by atoms with Crippen LogP contribution in [0.1, 0.15) is 45.6 Å². The Labute approximate surface area is 187 Å². The molecule has 1 fully saturated rings. The summed E-state index contributed by atoms with van der Waals surface area (Å²) < 4.78 is 26.9. The Balaban J connectivity index is 0.00000392.